The fourth-order valence-corrected chi connectivity index (χ4v) is 1.79. The molecule has 1 heterocycles. The van der Waals surface area contributed by atoms with Crippen LogP contribution in [-0.2, 0) is 0 Å². The second-order valence-corrected chi connectivity index (χ2v) is 4.09. The molecule has 0 radical (unpaired) electrons. The summed E-state index contributed by atoms with van der Waals surface area (Å²) in [4.78, 5) is 16.0. The lowest BCUT2D eigenvalue weighted by atomic mass is 10.1. The molecule has 1 aromatic heterocycles. The second-order valence-electron chi connectivity index (χ2n) is 4.09. The van der Waals surface area contributed by atoms with Crippen molar-refractivity contribution in [1.82, 2.24) is 4.98 Å². The lowest BCUT2D eigenvalue weighted by Gasteiger charge is -2.13. The maximum Gasteiger partial charge on any atom is 0.293 e. The summed E-state index contributed by atoms with van der Waals surface area (Å²) in [5.41, 5.74) is 6.65. The summed E-state index contributed by atoms with van der Waals surface area (Å²) in [6.07, 6.45) is 1.18. The smallest absolute Gasteiger partial charge is 0.293 e. The minimum atomic E-state index is -0.513. The number of nitrogens with zero attached hydrogens (tertiary/aromatic N) is 2. The number of ether oxygens (including phenoxy) is 1. The predicted octanol–water partition coefficient (Wildman–Crippen LogP) is 1.34. The number of aromatic nitrogens is 1. The highest BCUT2D eigenvalue weighted by Crippen LogP contribution is 2.29. The molecule has 8 nitrogen and oxygen atoms in total. The Hall–Kier alpha value is -3.03. The summed E-state index contributed by atoms with van der Waals surface area (Å²) in [6.45, 7) is 1.64. The molecule has 2 aromatic rings. The zero-order valence-corrected chi connectivity index (χ0v) is 11.5. The van der Waals surface area contributed by atoms with Crippen LogP contribution in [-0.4, -0.2) is 29.0 Å². The Balaban J connectivity index is 2.43. The zero-order chi connectivity index (χ0) is 15.4. The van der Waals surface area contributed by atoms with Crippen LogP contribution in [0.25, 0.3) is 0 Å². The van der Waals surface area contributed by atoms with Gasteiger partial charge in [0.2, 0.25) is 5.76 Å². The van der Waals surface area contributed by atoms with Gasteiger partial charge in [-0.1, -0.05) is 11.2 Å². The Morgan fingerprint density at radius 3 is 2.86 bits per heavy atom. The van der Waals surface area contributed by atoms with Gasteiger partial charge in [-0.2, -0.15) is 0 Å². The molecule has 1 amide bonds. The first-order valence-electron chi connectivity index (χ1n) is 5.94. The molecule has 110 valence electrons. The van der Waals surface area contributed by atoms with Crippen molar-refractivity contribution in [3.8, 4) is 5.75 Å². The van der Waals surface area contributed by atoms with Crippen LogP contribution >= 0.6 is 0 Å². The second kappa shape index (κ2) is 5.95. The van der Waals surface area contributed by atoms with Gasteiger partial charge in [0, 0.05) is 5.56 Å². The molecule has 8 heteroatoms. The molecule has 0 unspecified atom stereocenters. The minimum Gasteiger partial charge on any atom is -0.495 e. The van der Waals surface area contributed by atoms with Crippen molar-refractivity contribution in [3.05, 3.63) is 41.6 Å². The van der Waals surface area contributed by atoms with Crippen molar-refractivity contribution < 1.29 is 19.2 Å². The van der Waals surface area contributed by atoms with Gasteiger partial charge in [-0.15, -0.1) is 0 Å². The minimum absolute atomic E-state index is 0.0753. The van der Waals surface area contributed by atoms with Gasteiger partial charge >= 0.3 is 0 Å². The average molecular weight is 290 g/mol. The summed E-state index contributed by atoms with van der Waals surface area (Å²) >= 11 is 0. The molecule has 0 saturated heterocycles. The summed E-state index contributed by atoms with van der Waals surface area (Å²) < 4.78 is 10.2. The van der Waals surface area contributed by atoms with Gasteiger partial charge < -0.3 is 25.4 Å². The van der Waals surface area contributed by atoms with E-state index in [1.165, 1.54) is 13.5 Å². The van der Waals surface area contributed by atoms with Crippen molar-refractivity contribution in [3.63, 3.8) is 0 Å². The number of rotatable bonds is 4. The van der Waals surface area contributed by atoms with E-state index >= 15 is 0 Å². The number of amidine groups is 1. The first kappa shape index (κ1) is 14.4. The molecule has 0 aliphatic rings. The maximum atomic E-state index is 12.2. The highest BCUT2D eigenvalue weighted by atomic mass is 16.5. The van der Waals surface area contributed by atoms with Crippen molar-refractivity contribution in [1.29, 1.82) is 0 Å². The zero-order valence-electron chi connectivity index (χ0n) is 11.5. The number of para-hydroxylation sites is 1. The van der Waals surface area contributed by atoms with Crippen LogP contribution < -0.4 is 15.8 Å². The van der Waals surface area contributed by atoms with Gasteiger partial charge in [-0.3, -0.25) is 4.79 Å². The monoisotopic (exact) mass is 290 g/mol. The number of hydrogen-bond acceptors (Lipinski definition) is 6. The number of nitrogens with two attached hydrogens (primary N) is 1. The average Bonchev–Trinajstić information content (AvgIpc) is 2.92. The lowest BCUT2D eigenvalue weighted by Crippen LogP contribution is -2.20. The van der Waals surface area contributed by atoms with E-state index in [-0.39, 0.29) is 17.3 Å². The number of aryl methyl sites for hydroxylation is 1. The third-order valence-corrected chi connectivity index (χ3v) is 2.82. The Bertz CT molecular complexity index is 693. The fraction of sp³-hybridized carbons (Fsp3) is 0.154. The van der Waals surface area contributed by atoms with Crippen molar-refractivity contribution in [2.75, 3.05) is 12.4 Å². The highest BCUT2D eigenvalue weighted by Gasteiger charge is 2.19. The third kappa shape index (κ3) is 2.78. The number of oxime groups is 1. The Labute approximate surface area is 120 Å². The van der Waals surface area contributed by atoms with E-state index in [1.807, 2.05) is 0 Å². The first-order valence-corrected chi connectivity index (χ1v) is 5.94. The Kier molecular flexibility index (Phi) is 4.07. The summed E-state index contributed by atoms with van der Waals surface area (Å²) in [5.74, 6) is -0.226. The van der Waals surface area contributed by atoms with Crippen LogP contribution in [0.4, 0.5) is 5.69 Å². The molecular formula is C13H14N4O4. The SMILES string of the molecule is COc1cccc(/C(N)=N/O)c1NC(=O)c1ocnc1C. The van der Waals surface area contributed by atoms with Crippen LogP contribution in [0.15, 0.2) is 34.2 Å². The number of nitrogens with one attached hydrogen (secondary N) is 1. The molecule has 0 fully saturated rings. The fourth-order valence-electron chi connectivity index (χ4n) is 1.79. The Morgan fingerprint density at radius 2 is 2.29 bits per heavy atom. The quantitative estimate of drug-likeness (QED) is 0.338. The number of anilines is 1. The molecule has 0 spiro atoms. The van der Waals surface area contributed by atoms with E-state index < -0.39 is 5.91 Å². The van der Waals surface area contributed by atoms with Crippen LogP contribution in [0, 0.1) is 6.92 Å². The molecule has 2 rings (SSSR count). The van der Waals surface area contributed by atoms with E-state index in [0.29, 0.717) is 17.0 Å². The van der Waals surface area contributed by atoms with Gasteiger partial charge in [-0.05, 0) is 19.1 Å². The van der Waals surface area contributed by atoms with Gasteiger partial charge in [0.15, 0.2) is 12.2 Å². The van der Waals surface area contributed by atoms with Crippen molar-refractivity contribution >= 4 is 17.4 Å². The van der Waals surface area contributed by atoms with Crippen molar-refractivity contribution in [2.24, 2.45) is 10.9 Å². The number of oxazole rings is 1. The van der Waals surface area contributed by atoms with Crippen LogP contribution in [0.2, 0.25) is 0 Å². The number of carbonyl (C=O) groups is 1. The maximum absolute atomic E-state index is 12.2. The highest BCUT2D eigenvalue weighted by molar-refractivity contribution is 6.10. The Morgan fingerprint density at radius 1 is 1.52 bits per heavy atom. The van der Waals surface area contributed by atoms with E-state index in [2.05, 4.69) is 15.5 Å². The lowest BCUT2D eigenvalue weighted by molar-refractivity contribution is 0.0995. The van der Waals surface area contributed by atoms with Crippen LogP contribution in [0.3, 0.4) is 0 Å². The topological polar surface area (TPSA) is 123 Å². The van der Waals surface area contributed by atoms with Crippen LogP contribution in [0.1, 0.15) is 21.8 Å². The number of hydrogen-bond donors (Lipinski definition) is 3. The molecule has 4 N–H and O–H groups in total. The van der Waals surface area contributed by atoms with Crippen molar-refractivity contribution in [2.45, 2.75) is 6.92 Å². The molecule has 0 aliphatic heterocycles. The summed E-state index contributed by atoms with van der Waals surface area (Å²) in [5, 5.41) is 14.4. The number of carbonyl (C=O) groups excluding carboxylic acids is 1. The van der Waals surface area contributed by atoms with Crippen LogP contribution in [0.5, 0.6) is 5.75 Å². The molecule has 0 saturated carbocycles. The first-order chi connectivity index (χ1) is 10.1. The number of methoxy groups -OCH3 is 1. The largest absolute Gasteiger partial charge is 0.495 e. The molecule has 1 aromatic carbocycles. The van der Waals surface area contributed by atoms with E-state index in [9.17, 15) is 4.79 Å². The van der Waals surface area contributed by atoms with E-state index in [1.54, 1.807) is 25.1 Å². The number of benzene rings is 1. The van der Waals surface area contributed by atoms with Gasteiger partial charge in [0.1, 0.15) is 5.75 Å². The summed E-state index contributed by atoms with van der Waals surface area (Å²) in [6, 6.07) is 4.87. The normalized spacial score (nSPS) is 11.2. The molecule has 0 aliphatic carbocycles. The van der Waals surface area contributed by atoms with E-state index in [4.69, 9.17) is 20.1 Å². The van der Waals surface area contributed by atoms with Gasteiger partial charge in [0.05, 0.1) is 18.5 Å². The molecule has 0 atom stereocenters. The van der Waals surface area contributed by atoms with E-state index in [0.717, 1.165) is 0 Å². The number of amides is 1. The predicted molar refractivity (Wildman–Crippen MR) is 74.7 cm³/mol. The molecular weight excluding hydrogens is 276 g/mol. The van der Waals surface area contributed by atoms with Gasteiger partial charge in [0.25, 0.3) is 5.91 Å². The molecule has 21 heavy (non-hydrogen) atoms. The van der Waals surface area contributed by atoms with Gasteiger partial charge in [-0.25, -0.2) is 4.98 Å². The molecule has 0 bridgehead atoms. The summed E-state index contributed by atoms with van der Waals surface area (Å²) in [7, 11) is 1.45. The standard InChI is InChI=1S/C13H14N4O4/c1-7-11(21-6-15-7)13(18)16-10-8(12(14)17-19)4-3-5-9(10)20-2/h3-6,19H,1-2H3,(H2,14,17)(H,16,18). The third-order valence-electron chi connectivity index (χ3n) is 2.82.